The number of hydrogen-bond acceptors (Lipinski definition) is 0. The summed E-state index contributed by atoms with van der Waals surface area (Å²) < 4.78 is 4.94. The minimum Gasteiger partial charge on any atom is -0.313 e. The molecule has 0 saturated carbocycles. The lowest BCUT2D eigenvalue weighted by molar-refractivity contribution is 0.888. The fraction of sp³-hybridized carbons (Fsp3) is 0.0385. The number of nitrogens with zero attached hydrogens (tertiary/aromatic N) is 2. The van der Waals surface area contributed by atoms with Gasteiger partial charge in [-0.15, -0.1) is 0 Å². The highest BCUT2D eigenvalue weighted by molar-refractivity contribution is 6.12. The van der Waals surface area contributed by atoms with Gasteiger partial charge in [0.1, 0.15) is 0 Å². The first-order valence-corrected chi connectivity index (χ1v) is 18.9. The van der Waals surface area contributed by atoms with Crippen LogP contribution in [0.1, 0.15) is 17.7 Å². The van der Waals surface area contributed by atoms with Crippen LogP contribution in [0.5, 0.6) is 0 Å². The van der Waals surface area contributed by atoms with Crippen LogP contribution in [0, 0.1) is 0 Å². The van der Waals surface area contributed by atoms with Crippen LogP contribution in [0.25, 0.3) is 94.3 Å². The summed E-state index contributed by atoms with van der Waals surface area (Å²) in [6, 6.07) is 66.7. The van der Waals surface area contributed by atoms with E-state index in [1.165, 1.54) is 99.5 Å². The largest absolute Gasteiger partial charge is 0.313 e. The van der Waals surface area contributed by atoms with E-state index in [0.717, 1.165) is 12.8 Å². The third-order valence-electron chi connectivity index (χ3n) is 11.4. The Balaban J connectivity index is 1.05. The van der Waals surface area contributed by atoms with Gasteiger partial charge in [-0.3, -0.25) is 0 Å². The molecule has 0 saturated heterocycles. The van der Waals surface area contributed by atoms with Crippen LogP contribution in [0.15, 0.2) is 188 Å². The first-order valence-electron chi connectivity index (χ1n) is 18.9. The molecule has 2 heteroatoms. The van der Waals surface area contributed by atoms with Crippen LogP contribution in [-0.2, 0) is 6.42 Å². The molecule has 54 heavy (non-hydrogen) atoms. The van der Waals surface area contributed by atoms with Crippen LogP contribution < -0.4 is 0 Å². The first-order chi connectivity index (χ1) is 26.8. The molecule has 10 aromatic rings. The molecule has 11 rings (SSSR count). The molecule has 0 radical (unpaired) electrons. The SMILES string of the molecule is C1=Cc2c(n(-c3ccc(-c4ccccc4)cc3)c3ccc(-c4ccc5c(c4)c4ccccc4n5-c4cccc5c(-c6ccccc6)cccc45)cc23)CC1. The summed E-state index contributed by atoms with van der Waals surface area (Å²) in [5.74, 6) is 0. The number of hydrogen-bond donors (Lipinski definition) is 0. The van der Waals surface area contributed by atoms with Gasteiger partial charge < -0.3 is 9.13 Å². The zero-order chi connectivity index (χ0) is 35.6. The van der Waals surface area contributed by atoms with Crippen molar-refractivity contribution in [2.75, 3.05) is 0 Å². The van der Waals surface area contributed by atoms with Crippen LogP contribution in [0.3, 0.4) is 0 Å². The van der Waals surface area contributed by atoms with Crippen molar-refractivity contribution < 1.29 is 0 Å². The van der Waals surface area contributed by atoms with E-state index in [0.29, 0.717) is 0 Å². The van der Waals surface area contributed by atoms with E-state index in [2.05, 4.69) is 203 Å². The van der Waals surface area contributed by atoms with Crippen LogP contribution >= 0.6 is 0 Å². The van der Waals surface area contributed by atoms with Crippen LogP contribution in [0.2, 0.25) is 0 Å². The van der Waals surface area contributed by atoms with Crippen molar-refractivity contribution >= 4 is 49.6 Å². The van der Waals surface area contributed by atoms with Crippen molar-refractivity contribution in [3.8, 4) is 44.8 Å². The molecule has 8 aromatic carbocycles. The number of para-hydroxylation sites is 1. The second-order valence-electron chi connectivity index (χ2n) is 14.4. The van der Waals surface area contributed by atoms with Crippen molar-refractivity contribution in [1.82, 2.24) is 9.13 Å². The highest BCUT2D eigenvalue weighted by atomic mass is 15.0. The van der Waals surface area contributed by atoms with Gasteiger partial charge in [0.25, 0.3) is 0 Å². The normalized spacial score (nSPS) is 12.6. The maximum Gasteiger partial charge on any atom is 0.0541 e. The van der Waals surface area contributed by atoms with E-state index < -0.39 is 0 Å². The molecule has 2 nitrogen and oxygen atoms in total. The maximum atomic E-state index is 2.48. The zero-order valence-electron chi connectivity index (χ0n) is 29.8. The molecule has 0 unspecified atom stereocenters. The minimum atomic E-state index is 1.03. The Labute approximate surface area is 314 Å². The van der Waals surface area contributed by atoms with Gasteiger partial charge in [-0.2, -0.15) is 0 Å². The summed E-state index contributed by atoms with van der Waals surface area (Å²) in [7, 11) is 0. The first kappa shape index (κ1) is 30.7. The molecule has 0 aliphatic heterocycles. The molecule has 2 heterocycles. The van der Waals surface area contributed by atoms with Crippen molar-refractivity contribution in [3.63, 3.8) is 0 Å². The van der Waals surface area contributed by atoms with Gasteiger partial charge in [-0.25, -0.2) is 0 Å². The minimum absolute atomic E-state index is 1.03. The molecule has 0 bridgehead atoms. The molecule has 1 aliphatic rings. The summed E-state index contributed by atoms with van der Waals surface area (Å²) in [6.07, 6.45) is 6.75. The summed E-state index contributed by atoms with van der Waals surface area (Å²) in [6.45, 7) is 0. The Morgan fingerprint density at radius 3 is 1.76 bits per heavy atom. The zero-order valence-corrected chi connectivity index (χ0v) is 29.8. The highest BCUT2D eigenvalue weighted by Crippen LogP contribution is 2.41. The van der Waals surface area contributed by atoms with E-state index in [1.807, 2.05) is 0 Å². The quantitative estimate of drug-likeness (QED) is 0.170. The summed E-state index contributed by atoms with van der Waals surface area (Å²) in [5.41, 5.74) is 16.2. The molecular formula is C52H36N2. The van der Waals surface area contributed by atoms with Crippen molar-refractivity contribution in [2.45, 2.75) is 12.8 Å². The Hall–Kier alpha value is -6.90. The molecule has 2 aromatic heterocycles. The Kier molecular flexibility index (Phi) is 7.03. The Morgan fingerprint density at radius 2 is 0.963 bits per heavy atom. The fourth-order valence-corrected chi connectivity index (χ4v) is 8.90. The Morgan fingerprint density at radius 1 is 0.370 bits per heavy atom. The molecule has 0 amide bonds. The van der Waals surface area contributed by atoms with Gasteiger partial charge in [0.05, 0.1) is 22.2 Å². The summed E-state index contributed by atoms with van der Waals surface area (Å²) in [5, 5.41) is 6.33. The third kappa shape index (κ3) is 4.81. The van der Waals surface area contributed by atoms with Crippen LogP contribution in [-0.4, -0.2) is 9.13 Å². The predicted octanol–water partition coefficient (Wildman–Crippen LogP) is 13.8. The van der Waals surface area contributed by atoms with E-state index >= 15 is 0 Å². The lowest BCUT2D eigenvalue weighted by atomic mass is 9.97. The van der Waals surface area contributed by atoms with Crippen molar-refractivity contribution in [2.24, 2.45) is 0 Å². The standard InChI is InChI=1S/C52H36N2/c1-3-13-35(14-4-1)36-25-29-40(30-26-36)53-48-22-9-7-17-44(48)46-33-38(27-31-51(46)53)39-28-32-52-47(34-39)45-18-8-10-23-49(45)54(52)50-24-12-20-42-41(19-11-21-43(42)50)37-15-5-2-6-16-37/h1-8,10-21,23-34H,9,22H2. The summed E-state index contributed by atoms with van der Waals surface area (Å²) >= 11 is 0. The molecular weight excluding hydrogens is 653 g/mol. The second-order valence-corrected chi connectivity index (χ2v) is 14.4. The molecule has 0 N–H and O–H groups in total. The average molecular weight is 689 g/mol. The highest BCUT2D eigenvalue weighted by Gasteiger charge is 2.20. The van der Waals surface area contributed by atoms with Gasteiger partial charge in [-0.05, 0) is 100 Å². The van der Waals surface area contributed by atoms with E-state index in [9.17, 15) is 0 Å². The monoisotopic (exact) mass is 688 g/mol. The van der Waals surface area contributed by atoms with Crippen molar-refractivity contribution in [3.05, 3.63) is 199 Å². The predicted molar refractivity (Wildman–Crippen MR) is 229 cm³/mol. The van der Waals surface area contributed by atoms with Gasteiger partial charge in [0.2, 0.25) is 0 Å². The molecule has 254 valence electrons. The molecule has 0 atom stereocenters. The van der Waals surface area contributed by atoms with E-state index in [4.69, 9.17) is 0 Å². The summed E-state index contributed by atoms with van der Waals surface area (Å²) in [4.78, 5) is 0. The third-order valence-corrected chi connectivity index (χ3v) is 11.4. The molecule has 1 aliphatic carbocycles. The average Bonchev–Trinajstić information content (AvgIpc) is 3.76. The number of fused-ring (bicyclic) bond motifs is 7. The Bertz CT molecular complexity index is 3070. The van der Waals surface area contributed by atoms with Gasteiger partial charge in [-0.1, -0.05) is 146 Å². The lowest BCUT2D eigenvalue weighted by Gasteiger charge is -2.14. The van der Waals surface area contributed by atoms with Crippen LogP contribution in [0.4, 0.5) is 0 Å². The van der Waals surface area contributed by atoms with Crippen molar-refractivity contribution in [1.29, 1.82) is 0 Å². The van der Waals surface area contributed by atoms with Gasteiger partial charge in [0, 0.05) is 38.5 Å². The van der Waals surface area contributed by atoms with Gasteiger partial charge in [0.15, 0.2) is 0 Å². The smallest absolute Gasteiger partial charge is 0.0541 e. The maximum absolute atomic E-state index is 2.48. The van der Waals surface area contributed by atoms with E-state index in [1.54, 1.807) is 0 Å². The van der Waals surface area contributed by atoms with E-state index in [-0.39, 0.29) is 0 Å². The molecule has 0 spiro atoms. The second kappa shape index (κ2) is 12.4. The topological polar surface area (TPSA) is 9.86 Å². The fourth-order valence-electron chi connectivity index (χ4n) is 8.90. The number of aromatic nitrogens is 2. The number of benzene rings is 8. The lowest BCUT2D eigenvalue weighted by Crippen LogP contribution is -2.02. The number of rotatable bonds is 5. The van der Waals surface area contributed by atoms with Gasteiger partial charge >= 0.3 is 0 Å². The molecule has 0 fully saturated rings. The number of allylic oxidation sites excluding steroid dienone is 1.